The van der Waals surface area contributed by atoms with Crippen molar-refractivity contribution in [1.82, 2.24) is 5.32 Å². The molecule has 0 aliphatic carbocycles. The Morgan fingerprint density at radius 2 is 1.88 bits per heavy atom. The van der Waals surface area contributed by atoms with Gasteiger partial charge in [-0.05, 0) is 26.4 Å². The van der Waals surface area contributed by atoms with Gasteiger partial charge in [0.25, 0.3) is 0 Å². The SMILES string of the molecule is CNCC(=O)O.NCCCC[C@H](N)C(=O)O. The zero-order valence-electron chi connectivity index (χ0n) is 9.48. The highest BCUT2D eigenvalue weighted by Gasteiger charge is 2.09. The normalized spacial score (nSPS) is 11.2. The second-order valence-corrected chi connectivity index (χ2v) is 3.15. The van der Waals surface area contributed by atoms with Crippen LogP contribution in [0.2, 0.25) is 0 Å². The molecule has 0 bridgehead atoms. The molecule has 0 aromatic carbocycles. The van der Waals surface area contributed by atoms with Crippen molar-refractivity contribution < 1.29 is 19.8 Å². The van der Waals surface area contributed by atoms with Crippen molar-refractivity contribution in [2.24, 2.45) is 11.5 Å². The molecule has 0 spiro atoms. The number of carbonyl (C=O) groups is 2. The van der Waals surface area contributed by atoms with E-state index in [-0.39, 0.29) is 6.54 Å². The standard InChI is InChI=1S/C6H14N2O2.C3H7NO2/c7-4-2-1-3-5(8)6(9)10;1-4-2-3(5)6/h5H,1-4,7-8H2,(H,9,10);4H,2H2,1H3,(H,5,6)/t5-;/m0./s1. The van der Waals surface area contributed by atoms with Crippen LogP contribution in [-0.2, 0) is 9.59 Å². The van der Waals surface area contributed by atoms with Gasteiger partial charge < -0.3 is 27.0 Å². The summed E-state index contributed by atoms with van der Waals surface area (Å²) in [5.41, 5.74) is 10.4. The first-order valence-electron chi connectivity index (χ1n) is 5.00. The summed E-state index contributed by atoms with van der Waals surface area (Å²) in [6, 6.07) is -0.716. The van der Waals surface area contributed by atoms with Gasteiger partial charge in [0.1, 0.15) is 6.04 Å². The molecule has 1 atom stereocenters. The third kappa shape index (κ3) is 15.3. The highest BCUT2D eigenvalue weighted by molar-refractivity contribution is 5.72. The zero-order chi connectivity index (χ0) is 13.0. The van der Waals surface area contributed by atoms with E-state index in [1.165, 1.54) is 0 Å². The summed E-state index contributed by atoms with van der Waals surface area (Å²) >= 11 is 0. The van der Waals surface area contributed by atoms with Gasteiger partial charge in [0, 0.05) is 0 Å². The van der Waals surface area contributed by atoms with Crippen LogP contribution < -0.4 is 16.8 Å². The van der Waals surface area contributed by atoms with Crippen molar-refractivity contribution in [2.45, 2.75) is 25.3 Å². The predicted molar refractivity (Wildman–Crippen MR) is 60.1 cm³/mol. The number of carboxylic acid groups (broad SMARTS) is 2. The molecule has 96 valence electrons. The van der Waals surface area contributed by atoms with Crippen molar-refractivity contribution in [1.29, 1.82) is 0 Å². The van der Waals surface area contributed by atoms with Crippen LogP contribution >= 0.6 is 0 Å². The highest BCUT2D eigenvalue weighted by atomic mass is 16.4. The number of hydrogen-bond donors (Lipinski definition) is 5. The fourth-order valence-corrected chi connectivity index (χ4v) is 0.783. The molecule has 7 nitrogen and oxygen atoms in total. The van der Waals surface area contributed by atoms with Gasteiger partial charge in [-0.3, -0.25) is 9.59 Å². The number of likely N-dealkylation sites (N-methyl/N-ethyl adjacent to an activating group) is 1. The first-order valence-corrected chi connectivity index (χ1v) is 5.00. The molecule has 0 aliphatic rings. The maximum absolute atomic E-state index is 10.1. The molecule has 0 aromatic rings. The summed E-state index contributed by atoms with van der Waals surface area (Å²) < 4.78 is 0. The summed E-state index contributed by atoms with van der Waals surface area (Å²) in [6.45, 7) is 0.645. The first-order chi connectivity index (χ1) is 7.45. The summed E-state index contributed by atoms with van der Waals surface area (Å²) in [6.07, 6.45) is 2.16. The van der Waals surface area contributed by atoms with Gasteiger partial charge in [-0.15, -0.1) is 0 Å². The maximum atomic E-state index is 10.1. The van der Waals surface area contributed by atoms with Gasteiger partial charge in [0.2, 0.25) is 0 Å². The van der Waals surface area contributed by atoms with Crippen LogP contribution in [0.1, 0.15) is 19.3 Å². The van der Waals surface area contributed by atoms with Crippen molar-refractivity contribution in [3.8, 4) is 0 Å². The number of hydrogen-bond acceptors (Lipinski definition) is 5. The third-order valence-corrected chi connectivity index (χ3v) is 1.61. The molecule has 0 radical (unpaired) electrons. The minimum absolute atomic E-state index is 0.0417. The van der Waals surface area contributed by atoms with Crippen LogP contribution in [0.4, 0.5) is 0 Å². The number of aliphatic carboxylic acids is 2. The largest absolute Gasteiger partial charge is 0.480 e. The molecular weight excluding hydrogens is 214 g/mol. The van der Waals surface area contributed by atoms with E-state index in [2.05, 4.69) is 5.32 Å². The van der Waals surface area contributed by atoms with E-state index >= 15 is 0 Å². The van der Waals surface area contributed by atoms with E-state index in [1.807, 2.05) is 0 Å². The van der Waals surface area contributed by atoms with Gasteiger partial charge in [-0.25, -0.2) is 0 Å². The fourth-order valence-electron chi connectivity index (χ4n) is 0.783. The second kappa shape index (κ2) is 11.9. The lowest BCUT2D eigenvalue weighted by molar-refractivity contribution is -0.139. The van der Waals surface area contributed by atoms with Crippen molar-refractivity contribution in [3.05, 3.63) is 0 Å². The molecule has 0 aliphatic heterocycles. The molecule has 7 N–H and O–H groups in total. The molecule has 0 saturated heterocycles. The summed E-state index contributed by atoms with van der Waals surface area (Å²) in [4.78, 5) is 19.7. The summed E-state index contributed by atoms with van der Waals surface area (Å²) in [7, 11) is 1.59. The van der Waals surface area contributed by atoms with Crippen LogP contribution in [0.15, 0.2) is 0 Å². The van der Waals surface area contributed by atoms with Gasteiger partial charge >= 0.3 is 11.9 Å². The van der Waals surface area contributed by atoms with Gasteiger partial charge in [0.05, 0.1) is 6.54 Å². The Morgan fingerprint density at radius 3 is 2.12 bits per heavy atom. The molecule has 16 heavy (non-hydrogen) atoms. The lowest BCUT2D eigenvalue weighted by Crippen LogP contribution is -2.29. The Labute approximate surface area is 94.8 Å². The maximum Gasteiger partial charge on any atom is 0.320 e. The lowest BCUT2D eigenvalue weighted by Gasteiger charge is -2.03. The number of nitrogens with one attached hydrogen (secondary N) is 1. The van der Waals surface area contributed by atoms with Gasteiger partial charge in [-0.2, -0.15) is 0 Å². The predicted octanol–water partition coefficient (Wildman–Crippen LogP) is -1.18. The Morgan fingerprint density at radius 1 is 1.31 bits per heavy atom. The molecule has 0 amide bonds. The summed E-state index contributed by atoms with van der Waals surface area (Å²) in [5, 5.41) is 18.6. The van der Waals surface area contributed by atoms with Crippen molar-refractivity contribution in [3.63, 3.8) is 0 Å². The Kier molecular flexibility index (Phi) is 12.8. The number of nitrogens with two attached hydrogens (primary N) is 2. The quantitative estimate of drug-likeness (QED) is 0.350. The fraction of sp³-hybridized carbons (Fsp3) is 0.778. The molecule has 0 saturated carbocycles. The number of carboxylic acids is 2. The smallest absolute Gasteiger partial charge is 0.320 e. The average Bonchev–Trinajstić information content (AvgIpc) is 2.18. The molecule has 0 heterocycles. The van der Waals surface area contributed by atoms with E-state index in [9.17, 15) is 9.59 Å². The molecule has 0 unspecified atom stereocenters. The first kappa shape index (κ1) is 17.2. The van der Waals surface area contributed by atoms with Crippen LogP contribution in [0.5, 0.6) is 0 Å². The van der Waals surface area contributed by atoms with Crippen LogP contribution in [0.3, 0.4) is 0 Å². The minimum atomic E-state index is -0.933. The molecule has 0 aromatic heterocycles. The minimum Gasteiger partial charge on any atom is -0.480 e. The van der Waals surface area contributed by atoms with Gasteiger partial charge in [-0.1, -0.05) is 6.42 Å². The van der Waals surface area contributed by atoms with Crippen molar-refractivity contribution >= 4 is 11.9 Å². The summed E-state index contributed by atoms with van der Waals surface area (Å²) in [5.74, 6) is -1.76. The number of rotatable bonds is 7. The molecule has 7 heteroatoms. The third-order valence-electron chi connectivity index (χ3n) is 1.61. The van der Waals surface area contributed by atoms with Crippen LogP contribution in [-0.4, -0.2) is 48.3 Å². The van der Waals surface area contributed by atoms with E-state index in [0.29, 0.717) is 13.0 Å². The number of unbranched alkanes of at least 4 members (excludes halogenated alkanes) is 1. The van der Waals surface area contributed by atoms with E-state index < -0.39 is 18.0 Å². The average molecular weight is 235 g/mol. The van der Waals surface area contributed by atoms with Crippen molar-refractivity contribution in [2.75, 3.05) is 20.1 Å². The molecule has 0 rings (SSSR count). The lowest BCUT2D eigenvalue weighted by atomic mass is 10.1. The van der Waals surface area contributed by atoms with Crippen LogP contribution in [0, 0.1) is 0 Å². The molecular formula is C9H21N3O4. The topological polar surface area (TPSA) is 139 Å². The second-order valence-electron chi connectivity index (χ2n) is 3.15. The van der Waals surface area contributed by atoms with Gasteiger partial charge in [0.15, 0.2) is 0 Å². The van der Waals surface area contributed by atoms with E-state index in [0.717, 1.165) is 12.8 Å². The van der Waals surface area contributed by atoms with E-state index in [1.54, 1.807) is 7.05 Å². The van der Waals surface area contributed by atoms with Crippen LogP contribution in [0.25, 0.3) is 0 Å². The zero-order valence-corrected chi connectivity index (χ0v) is 9.48. The molecule has 0 fully saturated rings. The Balaban J connectivity index is 0. The Bertz CT molecular complexity index is 199. The highest BCUT2D eigenvalue weighted by Crippen LogP contribution is 1.96. The Hall–Kier alpha value is -1.18. The van der Waals surface area contributed by atoms with E-state index in [4.69, 9.17) is 21.7 Å². The monoisotopic (exact) mass is 235 g/mol.